The second kappa shape index (κ2) is 7.71. The Balaban J connectivity index is 1.90. The van der Waals surface area contributed by atoms with Crippen LogP contribution in [-0.2, 0) is 6.54 Å². The third-order valence-corrected chi connectivity index (χ3v) is 4.06. The van der Waals surface area contributed by atoms with Gasteiger partial charge >= 0.3 is 0 Å². The lowest BCUT2D eigenvalue weighted by Gasteiger charge is -2.32. The fourth-order valence-corrected chi connectivity index (χ4v) is 2.86. The highest BCUT2D eigenvalue weighted by Gasteiger charge is 2.19. The molecule has 1 saturated heterocycles. The molecule has 1 aliphatic rings. The van der Waals surface area contributed by atoms with Gasteiger partial charge in [0.2, 0.25) is 0 Å². The largest absolute Gasteiger partial charge is 0.488 e. The molecule has 0 radical (unpaired) electrons. The van der Waals surface area contributed by atoms with E-state index >= 15 is 0 Å². The number of likely N-dealkylation sites (tertiary alicyclic amines) is 1. The predicted molar refractivity (Wildman–Crippen MR) is 79.5 cm³/mol. The molecule has 0 bridgehead atoms. The minimum Gasteiger partial charge on any atom is -0.488 e. The van der Waals surface area contributed by atoms with Crippen molar-refractivity contribution in [1.82, 2.24) is 10.2 Å². The van der Waals surface area contributed by atoms with Crippen LogP contribution in [0.2, 0.25) is 0 Å². The van der Waals surface area contributed by atoms with Crippen molar-refractivity contribution in [1.29, 1.82) is 0 Å². The van der Waals surface area contributed by atoms with E-state index in [0.717, 1.165) is 19.4 Å². The monoisotopic (exact) mass is 298 g/mol. The van der Waals surface area contributed by atoms with Crippen LogP contribution in [0.5, 0.6) is 5.75 Å². The molecule has 3 nitrogen and oxygen atoms in total. The summed E-state index contributed by atoms with van der Waals surface area (Å²) in [5, 5.41) is 2.87. The molecule has 0 spiro atoms. The van der Waals surface area contributed by atoms with Crippen LogP contribution in [0, 0.1) is 11.6 Å². The van der Waals surface area contributed by atoms with Gasteiger partial charge in [0, 0.05) is 12.6 Å². The number of rotatable bonds is 6. The number of hydrogen-bond acceptors (Lipinski definition) is 3. The fourth-order valence-electron chi connectivity index (χ4n) is 2.86. The van der Waals surface area contributed by atoms with Crippen LogP contribution < -0.4 is 10.1 Å². The van der Waals surface area contributed by atoms with Crippen LogP contribution in [0.3, 0.4) is 0 Å². The van der Waals surface area contributed by atoms with Gasteiger partial charge in [0.1, 0.15) is 0 Å². The zero-order valence-electron chi connectivity index (χ0n) is 12.8. The van der Waals surface area contributed by atoms with Crippen LogP contribution in [-0.4, -0.2) is 38.2 Å². The minimum atomic E-state index is -0.628. The first kappa shape index (κ1) is 16.2. The molecule has 2 rings (SSSR count). The topological polar surface area (TPSA) is 24.5 Å². The summed E-state index contributed by atoms with van der Waals surface area (Å²) in [5.41, 5.74) is 0.576. The molecular formula is C16H24F2N2O. The van der Waals surface area contributed by atoms with Crippen molar-refractivity contribution >= 4 is 0 Å². The van der Waals surface area contributed by atoms with E-state index in [2.05, 4.69) is 17.3 Å². The molecule has 1 aromatic rings. The Morgan fingerprint density at radius 1 is 1.29 bits per heavy atom. The normalized spacial score (nSPS) is 19.7. The van der Waals surface area contributed by atoms with Crippen LogP contribution in [0.15, 0.2) is 12.1 Å². The van der Waals surface area contributed by atoms with Crippen molar-refractivity contribution in [2.45, 2.75) is 38.3 Å². The van der Waals surface area contributed by atoms with E-state index < -0.39 is 11.6 Å². The lowest BCUT2D eigenvalue weighted by molar-refractivity contribution is 0.150. The summed E-state index contributed by atoms with van der Waals surface area (Å²) < 4.78 is 33.1. The molecule has 1 unspecified atom stereocenters. The third kappa shape index (κ3) is 4.38. The molecule has 1 aromatic carbocycles. The lowest BCUT2D eigenvalue weighted by Crippen LogP contribution is -2.37. The summed E-state index contributed by atoms with van der Waals surface area (Å²) in [6.45, 7) is 1.86. The molecule has 0 saturated carbocycles. The van der Waals surface area contributed by atoms with Gasteiger partial charge < -0.3 is 15.0 Å². The number of ether oxygens (including phenoxy) is 1. The number of halogens is 2. The number of piperidine rings is 1. The van der Waals surface area contributed by atoms with Crippen molar-refractivity contribution in [2.75, 3.05) is 27.2 Å². The average Bonchev–Trinajstić information content (AvgIpc) is 2.44. The fraction of sp³-hybridized carbons (Fsp3) is 0.625. The van der Waals surface area contributed by atoms with Crippen molar-refractivity contribution in [3.63, 3.8) is 0 Å². The molecule has 0 aromatic heterocycles. The van der Waals surface area contributed by atoms with Crippen LogP contribution >= 0.6 is 0 Å². The number of nitrogens with one attached hydrogen (secondary N) is 1. The van der Waals surface area contributed by atoms with Gasteiger partial charge in [0.15, 0.2) is 17.4 Å². The predicted octanol–water partition coefficient (Wildman–Crippen LogP) is 2.94. The van der Waals surface area contributed by atoms with Crippen molar-refractivity contribution in [3.8, 4) is 5.75 Å². The van der Waals surface area contributed by atoms with Crippen LogP contribution in [0.1, 0.15) is 31.2 Å². The number of hydrogen-bond donors (Lipinski definition) is 1. The zero-order chi connectivity index (χ0) is 15.2. The molecule has 1 atom stereocenters. The second-order valence-corrected chi connectivity index (χ2v) is 5.69. The molecule has 1 N–H and O–H groups in total. The third-order valence-electron chi connectivity index (χ3n) is 4.06. The summed E-state index contributed by atoms with van der Waals surface area (Å²) in [5.74, 6) is -1.51. The average molecular weight is 298 g/mol. The maximum atomic E-state index is 13.9. The SMILES string of the molecule is CNCc1cc(F)c(OCCC2CCCCN2C)c(F)c1. The van der Waals surface area contributed by atoms with E-state index in [1.165, 1.54) is 25.0 Å². The summed E-state index contributed by atoms with van der Waals surface area (Å²) >= 11 is 0. The molecule has 1 fully saturated rings. The minimum absolute atomic E-state index is 0.256. The van der Waals surface area contributed by atoms with Crippen LogP contribution in [0.4, 0.5) is 8.78 Å². The lowest BCUT2D eigenvalue weighted by atomic mass is 10.0. The highest BCUT2D eigenvalue weighted by molar-refractivity contribution is 5.31. The molecule has 21 heavy (non-hydrogen) atoms. The zero-order valence-corrected chi connectivity index (χ0v) is 12.8. The molecule has 5 heteroatoms. The van der Waals surface area contributed by atoms with Crippen molar-refractivity contribution < 1.29 is 13.5 Å². The smallest absolute Gasteiger partial charge is 0.190 e. The van der Waals surface area contributed by atoms with Gasteiger partial charge in [0.25, 0.3) is 0 Å². The molecule has 1 aliphatic heterocycles. The maximum absolute atomic E-state index is 13.9. The first-order valence-electron chi connectivity index (χ1n) is 7.57. The van der Waals surface area contributed by atoms with Gasteiger partial charge in [-0.05, 0) is 57.6 Å². The molecular weight excluding hydrogens is 274 g/mol. The van der Waals surface area contributed by atoms with E-state index in [0.29, 0.717) is 24.8 Å². The van der Waals surface area contributed by atoms with Gasteiger partial charge in [-0.2, -0.15) is 0 Å². The Morgan fingerprint density at radius 3 is 2.62 bits per heavy atom. The van der Waals surface area contributed by atoms with Gasteiger partial charge in [0.05, 0.1) is 6.61 Å². The second-order valence-electron chi connectivity index (χ2n) is 5.69. The Morgan fingerprint density at radius 2 is 2.00 bits per heavy atom. The van der Waals surface area contributed by atoms with Gasteiger partial charge in [-0.15, -0.1) is 0 Å². The van der Waals surface area contributed by atoms with E-state index in [-0.39, 0.29) is 5.75 Å². The highest BCUT2D eigenvalue weighted by Crippen LogP contribution is 2.24. The summed E-state index contributed by atoms with van der Waals surface area (Å²) in [6, 6.07) is 3.09. The van der Waals surface area contributed by atoms with Crippen molar-refractivity contribution in [2.24, 2.45) is 0 Å². The first-order chi connectivity index (χ1) is 10.1. The van der Waals surface area contributed by atoms with Gasteiger partial charge in [-0.25, -0.2) is 8.78 Å². The summed E-state index contributed by atoms with van der Waals surface area (Å²) in [4.78, 5) is 2.30. The Bertz CT molecular complexity index is 445. The van der Waals surface area contributed by atoms with E-state index in [4.69, 9.17) is 4.74 Å². The Labute approximate surface area is 125 Å². The van der Waals surface area contributed by atoms with E-state index in [9.17, 15) is 8.78 Å². The standard InChI is InChI=1S/C16H24F2N2O/c1-19-11-12-9-14(17)16(15(18)10-12)21-8-6-13-5-3-4-7-20(13)2/h9-10,13,19H,3-8,11H2,1-2H3. The quantitative estimate of drug-likeness (QED) is 0.874. The molecule has 0 aliphatic carbocycles. The Kier molecular flexibility index (Phi) is 5.94. The van der Waals surface area contributed by atoms with E-state index in [1.54, 1.807) is 7.05 Å². The Hall–Kier alpha value is -1.20. The molecule has 1 heterocycles. The van der Waals surface area contributed by atoms with Gasteiger partial charge in [-0.1, -0.05) is 6.42 Å². The van der Waals surface area contributed by atoms with Crippen molar-refractivity contribution in [3.05, 3.63) is 29.3 Å². The molecule has 118 valence electrons. The molecule has 0 amide bonds. The number of benzene rings is 1. The summed E-state index contributed by atoms with van der Waals surface area (Å²) in [7, 11) is 3.83. The highest BCUT2D eigenvalue weighted by atomic mass is 19.1. The maximum Gasteiger partial charge on any atom is 0.190 e. The van der Waals surface area contributed by atoms with Gasteiger partial charge in [-0.3, -0.25) is 0 Å². The first-order valence-corrected chi connectivity index (χ1v) is 7.57. The van der Waals surface area contributed by atoms with Crippen LogP contribution in [0.25, 0.3) is 0 Å². The number of nitrogens with zero attached hydrogens (tertiary/aromatic N) is 1. The summed E-state index contributed by atoms with van der Waals surface area (Å²) in [6.07, 6.45) is 4.38. The van der Waals surface area contributed by atoms with E-state index in [1.807, 2.05) is 0 Å².